The third kappa shape index (κ3) is 6.30. The van der Waals surface area contributed by atoms with E-state index in [1.807, 2.05) is 18.2 Å². The number of amides is 3. The maximum atomic E-state index is 12.6. The maximum absolute atomic E-state index is 12.6. The van der Waals surface area contributed by atoms with Gasteiger partial charge < -0.3 is 14.7 Å². The number of urea groups is 1. The smallest absolute Gasteiger partial charge is 0.325 e. The van der Waals surface area contributed by atoms with Crippen molar-refractivity contribution in [1.82, 2.24) is 14.9 Å². The first kappa shape index (κ1) is 24.2. The lowest BCUT2D eigenvalue weighted by atomic mass is 10.1. The molecular formula is C22H31N3O6S. The highest BCUT2D eigenvalue weighted by Crippen LogP contribution is 2.46. The monoisotopic (exact) mass is 465 g/mol. The van der Waals surface area contributed by atoms with E-state index in [4.69, 9.17) is 4.74 Å². The SMILES string of the molecule is C[C@H]1C(=O)NC(=O)N1C/C=C/CCS(=O)(=O)NC1(c2cccc(OCC(C)(C)O)c2)CC1. The molecule has 176 valence electrons. The van der Waals surface area contributed by atoms with Crippen LogP contribution in [0.2, 0.25) is 0 Å². The van der Waals surface area contributed by atoms with Crippen LogP contribution in [-0.2, 0) is 20.4 Å². The molecule has 1 heterocycles. The van der Waals surface area contributed by atoms with Crippen LogP contribution in [0.3, 0.4) is 0 Å². The Morgan fingerprint density at radius 2 is 2.03 bits per heavy atom. The number of ether oxygens (including phenoxy) is 1. The molecule has 1 saturated carbocycles. The summed E-state index contributed by atoms with van der Waals surface area (Å²) in [7, 11) is -3.53. The zero-order valence-corrected chi connectivity index (χ0v) is 19.4. The van der Waals surface area contributed by atoms with Crippen molar-refractivity contribution in [2.24, 2.45) is 0 Å². The van der Waals surface area contributed by atoms with Gasteiger partial charge in [-0.15, -0.1) is 0 Å². The second kappa shape index (κ2) is 9.21. The number of nitrogens with one attached hydrogen (secondary N) is 2. The number of rotatable bonds is 11. The average Bonchev–Trinajstić information content (AvgIpc) is 3.43. The number of hydrogen-bond acceptors (Lipinski definition) is 6. The van der Waals surface area contributed by atoms with Gasteiger partial charge in [0.2, 0.25) is 10.0 Å². The molecule has 9 nitrogen and oxygen atoms in total. The quantitative estimate of drug-likeness (QED) is 0.337. The minimum absolute atomic E-state index is 0.0825. The normalized spacial score (nSPS) is 20.6. The largest absolute Gasteiger partial charge is 0.491 e. The van der Waals surface area contributed by atoms with Gasteiger partial charge >= 0.3 is 6.03 Å². The lowest BCUT2D eigenvalue weighted by Crippen LogP contribution is -2.36. The van der Waals surface area contributed by atoms with Gasteiger partial charge in [-0.1, -0.05) is 24.3 Å². The molecule has 1 aliphatic carbocycles. The topological polar surface area (TPSA) is 125 Å². The molecule has 3 amide bonds. The summed E-state index contributed by atoms with van der Waals surface area (Å²) >= 11 is 0. The number of allylic oxidation sites excluding steroid dienone is 1. The summed E-state index contributed by atoms with van der Waals surface area (Å²) in [6.45, 7) is 5.33. The third-order valence-electron chi connectivity index (χ3n) is 5.44. The summed E-state index contributed by atoms with van der Waals surface area (Å²) in [5, 5.41) is 12.1. The lowest BCUT2D eigenvalue weighted by molar-refractivity contribution is -0.120. The van der Waals surface area contributed by atoms with Crippen molar-refractivity contribution < 1.29 is 27.9 Å². The summed E-state index contributed by atoms with van der Waals surface area (Å²) in [5.41, 5.74) is -0.752. The van der Waals surface area contributed by atoms with E-state index in [-0.39, 0.29) is 31.2 Å². The molecule has 0 spiro atoms. The molecule has 10 heteroatoms. The highest BCUT2D eigenvalue weighted by molar-refractivity contribution is 7.89. The zero-order valence-electron chi connectivity index (χ0n) is 18.6. The Bertz CT molecular complexity index is 995. The van der Waals surface area contributed by atoms with Gasteiger partial charge in [0.1, 0.15) is 18.4 Å². The van der Waals surface area contributed by atoms with Crippen LogP contribution >= 0.6 is 0 Å². The van der Waals surface area contributed by atoms with E-state index in [1.165, 1.54) is 4.90 Å². The van der Waals surface area contributed by atoms with Crippen molar-refractivity contribution in [1.29, 1.82) is 0 Å². The zero-order chi connectivity index (χ0) is 23.6. The number of benzene rings is 1. The van der Waals surface area contributed by atoms with Crippen molar-refractivity contribution in [2.45, 2.75) is 57.2 Å². The van der Waals surface area contributed by atoms with Gasteiger partial charge in [-0.2, -0.15) is 0 Å². The van der Waals surface area contributed by atoms with Gasteiger partial charge in [-0.3, -0.25) is 10.1 Å². The fraction of sp³-hybridized carbons (Fsp3) is 0.545. The fourth-order valence-electron chi connectivity index (χ4n) is 3.44. The summed E-state index contributed by atoms with van der Waals surface area (Å²) in [6.07, 6.45) is 5.09. The van der Waals surface area contributed by atoms with Crippen molar-refractivity contribution in [3.63, 3.8) is 0 Å². The van der Waals surface area contributed by atoms with Gasteiger partial charge in [0.15, 0.2) is 0 Å². The molecule has 2 fully saturated rings. The number of sulfonamides is 1. The Balaban J connectivity index is 1.53. The van der Waals surface area contributed by atoms with Crippen molar-refractivity contribution in [3.05, 3.63) is 42.0 Å². The van der Waals surface area contributed by atoms with Crippen LogP contribution < -0.4 is 14.8 Å². The standard InChI is InChI=1S/C22H31N3O6S/c1-16-19(26)23-20(27)25(16)12-5-4-6-13-32(29,30)24-22(10-11-22)17-8-7-9-18(14-17)31-15-21(2,3)28/h4-5,7-9,14,16,24,28H,6,10-13,15H2,1-3H3,(H,23,26,27)/b5-4+/t16-/m0/s1. The van der Waals surface area contributed by atoms with Gasteiger partial charge in [0.05, 0.1) is 16.9 Å². The van der Waals surface area contributed by atoms with E-state index in [0.717, 1.165) is 5.56 Å². The Morgan fingerprint density at radius 3 is 2.62 bits per heavy atom. The summed E-state index contributed by atoms with van der Waals surface area (Å²) in [5.74, 6) is 0.164. The fourth-order valence-corrected chi connectivity index (χ4v) is 4.90. The molecule has 1 saturated heterocycles. The highest BCUT2D eigenvalue weighted by atomic mass is 32.2. The van der Waals surface area contributed by atoms with Crippen LogP contribution in [0.15, 0.2) is 36.4 Å². The molecule has 0 unspecified atom stereocenters. The third-order valence-corrected chi connectivity index (χ3v) is 6.91. The average molecular weight is 466 g/mol. The first-order chi connectivity index (χ1) is 14.9. The van der Waals surface area contributed by atoms with Crippen LogP contribution in [-0.4, -0.2) is 60.9 Å². The van der Waals surface area contributed by atoms with E-state index in [1.54, 1.807) is 39.0 Å². The molecule has 32 heavy (non-hydrogen) atoms. The predicted octanol–water partition coefficient (Wildman–Crippen LogP) is 1.63. The molecule has 3 N–H and O–H groups in total. The number of nitrogens with zero attached hydrogens (tertiary/aromatic N) is 1. The maximum Gasteiger partial charge on any atom is 0.325 e. The van der Waals surface area contributed by atoms with Gasteiger partial charge in [0.25, 0.3) is 5.91 Å². The Morgan fingerprint density at radius 1 is 1.31 bits per heavy atom. The van der Waals surface area contributed by atoms with Crippen molar-refractivity contribution in [2.75, 3.05) is 18.9 Å². The van der Waals surface area contributed by atoms with Crippen LogP contribution in [0.1, 0.15) is 45.6 Å². The number of carbonyl (C=O) groups excluding carboxylic acids is 2. The molecule has 1 aliphatic heterocycles. The molecule has 1 aromatic carbocycles. The highest BCUT2D eigenvalue weighted by Gasteiger charge is 2.47. The van der Waals surface area contributed by atoms with Crippen LogP contribution in [0.5, 0.6) is 5.75 Å². The Labute approximate surface area is 188 Å². The Hall–Kier alpha value is -2.43. The molecule has 0 bridgehead atoms. The summed E-state index contributed by atoms with van der Waals surface area (Å²) in [6, 6.07) is 6.30. The van der Waals surface area contributed by atoms with E-state index >= 15 is 0 Å². The minimum atomic E-state index is -3.53. The molecular weight excluding hydrogens is 434 g/mol. The minimum Gasteiger partial charge on any atom is -0.491 e. The summed E-state index contributed by atoms with van der Waals surface area (Å²) in [4.78, 5) is 24.5. The number of carbonyl (C=O) groups is 2. The Kier molecular flexibility index (Phi) is 6.97. The van der Waals surface area contributed by atoms with E-state index in [0.29, 0.717) is 18.6 Å². The van der Waals surface area contributed by atoms with Gasteiger partial charge in [-0.05, 0) is 57.7 Å². The molecule has 3 rings (SSSR count). The molecule has 1 atom stereocenters. The van der Waals surface area contributed by atoms with Crippen molar-refractivity contribution in [3.8, 4) is 5.75 Å². The van der Waals surface area contributed by atoms with Crippen LogP contribution in [0, 0.1) is 0 Å². The van der Waals surface area contributed by atoms with Gasteiger partial charge in [-0.25, -0.2) is 17.9 Å². The van der Waals surface area contributed by atoms with E-state index < -0.39 is 33.2 Å². The second-order valence-electron chi connectivity index (χ2n) is 9.01. The lowest BCUT2D eigenvalue weighted by Gasteiger charge is -2.21. The van der Waals surface area contributed by atoms with E-state index in [2.05, 4.69) is 10.0 Å². The number of aliphatic hydroxyl groups is 1. The van der Waals surface area contributed by atoms with Crippen molar-refractivity contribution >= 4 is 22.0 Å². The predicted molar refractivity (Wildman–Crippen MR) is 120 cm³/mol. The molecule has 1 aromatic rings. The van der Waals surface area contributed by atoms with E-state index in [9.17, 15) is 23.1 Å². The van der Waals surface area contributed by atoms with Gasteiger partial charge in [0, 0.05) is 6.54 Å². The first-order valence-electron chi connectivity index (χ1n) is 10.6. The first-order valence-corrected chi connectivity index (χ1v) is 12.3. The molecule has 0 aromatic heterocycles. The van der Waals surface area contributed by atoms with Crippen LogP contribution in [0.4, 0.5) is 4.79 Å². The number of hydrogen-bond donors (Lipinski definition) is 3. The second-order valence-corrected chi connectivity index (χ2v) is 10.9. The summed E-state index contributed by atoms with van der Waals surface area (Å²) < 4.78 is 33.7. The van der Waals surface area contributed by atoms with Crippen LogP contribution in [0.25, 0.3) is 0 Å². The molecule has 2 aliphatic rings. The number of imide groups is 1. The molecule has 0 radical (unpaired) electrons.